The van der Waals surface area contributed by atoms with E-state index in [0.29, 0.717) is 0 Å². The predicted molar refractivity (Wildman–Crippen MR) is 190 cm³/mol. The van der Waals surface area contributed by atoms with Gasteiger partial charge in [0, 0.05) is 21.1 Å². The van der Waals surface area contributed by atoms with Gasteiger partial charge in [0.1, 0.15) is 0 Å². The Morgan fingerprint density at radius 1 is 0.681 bits per heavy atom. The molecule has 0 aliphatic heterocycles. The first-order valence-electron chi connectivity index (χ1n) is 15.6. The molecule has 8 aromatic rings. The minimum Gasteiger partial charge on any atom is 0 e. The van der Waals surface area contributed by atoms with Crippen molar-refractivity contribution in [1.29, 1.82) is 0 Å². The van der Waals surface area contributed by atoms with Gasteiger partial charge in [-0.05, 0) is 0 Å². The van der Waals surface area contributed by atoms with Gasteiger partial charge in [-0.25, -0.2) is 0 Å². The van der Waals surface area contributed by atoms with Gasteiger partial charge in [0.15, 0.2) is 0 Å². The summed E-state index contributed by atoms with van der Waals surface area (Å²) in [6.07, 6.45) is 1.90. The molecule has 0 amide bonds. The molecule has 5 nitrogen and oxygen atoms in total. The van der Waals surface area contributed by atoms with Crippen LogP contribution in [0.25, 0.3) is 66.2 Å². The van der Waals surface area contributed by atoms with E-state index >= 15 is 0 Å². The second kappa shape index (κ2) is 11.4. The fourth-order valence-electron chi connectivity index (χ4n) is 6.15. The maximum atomic E-state index is 6.66. The van der Waals surface area contributed by atoms with Crippen molar-refractivity contribution in [3.63, 3.8) is 0 Å². The summed E-state index contributed by atoms with van der Waals surface area (Å²) in [6.45, 7) is 15.5. The van der Waals surface area contributed by atoms with Crippen LogP contribution in [0.2, 0.25) is 0 Å². The van der Waals surface area contributed by atoms with E-state index in [2.05, 4.69) is 97.0 Å². The second-order valence-electron chi connectivity index (χ2n) is 14.1. The van der Waals surface area contributed by atoms with Crippen LogP contribution < -0.4 is 9.18 Å². The average molecular weight is 863 g/mol. The normalized spacial score (nSPS) is 12.5. The van der Waals surface area contributed by atoms with Gasteiger partial charge >= 0.3 is 275 Å². The van der Waals surface area contributed by atoms with Gasteiger partial charge in [0.05, 0.1) is 0 Å². The molecule has 0 aliphatic carbocycles. The Morgan fingerprint density at radius 2 is 1.36 bits per heavy atom. The molecular weight excluding hydrogens is 828 g/mol. The van der Waals surface area contributed by atoms with Crippen molar-refractivity contribution >= 4 is 78.9 Å². The van der Waals surface area contributed by atoms with E-state index in [4.69, 9.17) is 23.8 Å². The summed E-state index contributed by atoms with van der Waals surface area (Å²) in [5.41, 5.74) is 9.21. The van der Waals surface area contributed by atoms with Crippen LogP contribution in [0.15, 0.2) is 87.8 Å². The van der Waals surface area contributed by atoms with Crippen LogP contribution in [0.3, 0.4) is 0 Å². The summed E-state index contributed by atoms with van der Waals surface area (Å²) in [5.74, 6) is 0. The van der Waals surface area contributed by atoms with Crippen LogP contribution in [0.4, 0.5) is 0 Å². The molecule has 8 rings (SSSR count). The van der Waals surface area contributed by atoms with Crippen molar-refractivity contribution in [2.24, 2.45) is 0 Å². The summed E-state index contributed by atoms with van der Waals surface area (Å²) in [5, 5.41) is 4.90. The van der Waals surface area contributed by atoms with E-state index in [1.165, 1.54) is 11.1 Å². The molecule has 0 spiro atoms. The Morgan fingerprint density at radius 3 is 2.11 bits per heavy atom. The number of fused-ring (bicyclic) bond motifs is 4. The Hall–Kier alpha value is -3.82. The molecule has 3 aromatic carbocycles. The minimum absolute atomic E-state index is 0. The first-order chi connectivity index (χ1) is 21.9. The molecule has 0 bridgehead atoms. The number of aromatic nitrogens is 3. The summed E-state index contributed by atoms with van der Waals surface area (Å²) in [7, 11) is 0. The molecule has 7 heteroatoms. The molecule has 0 fully saturated rings. The van der Waals surface area contributed by atoms with E-state index in [9.17, 15) is 0 Å². The van der Waals surface area contributed by atoms with Crippen molar-refractivity contribution in [3.05, 3.63) is 102 Å². The summed E-state index contributed by atoms with van der Waals surface area (Å²) in [6, 6.07) is 28.8. The van der Waals surface area contributed by atoms with Crippen LogP contribution in [-0.4, -0.2) is 29.9 Å². The molecule has 238 valence electrons. The fraction of sp³-hybridized carbons (Fsp3) is 0.225. The molecule has 5 heterocycles. The number of nitrogens with zero attached hydrogens (tertiary/aromatic N) is 3. The minimum atomic E-state index is -0.182. The van der Waals surface area contributed by atoms with Crippen molar-refractivity contribution < 1.29 is 29.9 Å². The molecule has 0 atom stereocenters. The number of aryl methyl sites for hydroxylation is 1. The topological polar surface area (TPSA) is 65.0 Å². The van der Waals surface area contributed by atoms with E-state index in [0.717, 1.165) is 80.9 Å². The summed E-state index contributed by atoms with van der Waals surface area (Å²) < 4.78 is 15.1. The Balaban J connectivity index is 0.00000351. The van der Waals surface area contributed by atoms with Gasteiger partial charge in [-0.1, -0.05) is 0 Å². The van der Waals surface area contributed by atoms with Gasteiger partial charge in [-0.15, -0.1) is 0 Å². The smallest absolute Gasteiger partial charge is 0 e. The van der Waals surface area contributed by atoms with Gasteiger partial charge in [-0.2, -0.15) is 0 Å². The van der Waals surface area contributed by atoms with E-state index in [1.54, 1.807) is 0 Å². The first kappa shape index (κ1) is 31.8. The number of hydrogen-bond donors (Lipinski definition) is 0. The fourth-order valence-corrected chi connectivity index (χ4v) is 8.08. The zero-order valence-corrected chi connectivity index (χ0v) is 31.4. The van der Waals surface area contributed by atoms with Gasteiger partial charge in [-0.3, -0.25) is 0 Å². The van der Waals surface area contributed by atoms with Crippen LogP contribution in [0.1, 0.15) is 58.2 Å². The Bertz CT molecular complexity index is 2500. The zero-order chi connectivity index (χ0) is 32.0. The monoisotopic (exact) mass is 863 g/mol. The first-order valence-corrected chi connectivity index (χ1v) is 17.3. The van der Waals surface area contributed by atoms with Crippen LogP contribution in [0, 0.1) is 13.0 Å². The standard InChI is InChI=1S/C40H34N3O2Se.Pt/c1-22-17-32(46-33-21-25(40(5,6)7)20-29(42-33)28-19-24(15-16-41-28)39(2,3)4)43-36-27-18-23-11-8-9-12-26(23)38-34(27)35-30(44-37(22)36)13-10-14-31(35)45-38;/h8-17,19-21H,1-7H3;/q-1;. The predicted octanol–water partition coefficient (Wildman–Crippen LogP) is 8.85. The van der Waals surface area contributed by atoms with E-state index in [-0.39, 0.29) is 46.9 Å². The molecule has 0 radical (unpaired) electrons. The third-order valence-corrected chi connectivity index (χ3v) is 10.5. The Labute approximate surface area is 294 Å². The van der Waals surface area contributed by atoms with Crippen molar-refractivity contribution in [1.82, 2.24) is 15.0 Å². The van der Waals surface area contributed by atoms with E-state index in [1.807, 2.05) is 36.5 Å². The number of rotatable bonds is 3. The Kier molecular flexibility index (Phi) is 7.71. The SMILES string of the molecule is Cc1cc([Se]c2cc(C(C)(C)C)cc(-c3cc(C(C)(C)C)ccn3)n2)nc2c1oc1cccc3oc4c5ccccc5[c-]c2c4c13.[Pt]. The van der Waals surface area contributed by atoms with Crippen LogP contribution in [0.5, 0.6) is 0 Å². The summed E-state index contributed by atoms with van der Waals surface area (Å²) >= 11 is -0.182. The number of hydrogen-bond acceptors (Lipinski definition) is 5. The third-order valence-electron chi connectivity index (χ3n) is 8.71. The maximum Gasteiger partial charge on any atom is 0 e. The van der Waals surface area contributed by atoms with Gasteiger partial charge in [0.2, 0.25) is 0 Å². The van der Waals surface area contributed by atoms with Gasteiger partial charge < -0.3 is 0 Å². The van der Waals surface area contributed by atoms with Gasteiger partial charge in [0.25, 0.3) is 0 Å². The quantitative estimate of drug-likeness (QED) is 0.131. The molecule has 0 unspecified atom stereocenters. The maximum absolute atomic E-state index is 6.66. The molecule has 0 saturated heterocycles. The van der Waals surface area contributed by atoms with Crippen LogP contribution in [-0.2, 0) is 31.9 Å². The average Bonchev–Trinajstić information content (AvgIpc) is 3.35. The molecule has 0 N–H and O–H groups in total. The molecule has 0 aliphatic rings. The molecule has 5 aromatic heterocycles. The number of benzene rings is 3. The molecular formula is C40H34N3O2PtSe-. The second-order valence-corrected chi connectivity index (χ2v) is 16.3. The number of furan rings is 1. The molecule has 0 saturated carbocycles. The van der Waals surface area contributed by atoms with Crippen molar-refractivity contribution in [2.45, 2.75) is 59.3 Å². The number of pyridine rings is 3. The largest absolute Gasteiger partial charge is 0 e. The van der Waals surface area contributed by atoms with Crippen molar-refractivity contribution in [3.8, 4) is 11.4 Å². The third kappa shape index (κ3) is 5.51. The summed E-state index contributed by atoms with van der Waals surface area (Å²) in [4.78, 5) is 15.3. The van der Waals surface area contributed by atoms with E-state index < -0.39 is 0 Å². The zero-order valence-electron chi connectivity index (χ0n) is 27.4. The molecule has 47 heavy (non-hydrogen) atoms. The van der Waals surface area contributed by atoms with Crippen LogP contribution >= 0.6 is 0 Å². The van der Waals surface area contributed by atoms with Crippen molar-refractivity contribution in [2.75, 3.05) is 0 Å².